The third-order valence-electron chi connectivity index (χ3n) is 2.80. The van der Waals surface area contributed by atoms with Gasteiger partial charge < -0.3 is 15.6 Å². The number of ether oxygens (including phenoxy) is 1. The zero-order chi connectivity index (χ0) is 15.0. The Kier molecular flexibility index (Phi) is 4.22. The summed E-state index contributed by atoms with van der Waals surface area (Å²) in [6.45, 7) is 7.81. The van der Waals surface area contributed by atoms with Crippen molar-refractivity contribution in [2.45, 2.75) is 39.7 Å². The molecule has 0 aliphatic rings. The fourth-order valence-corrected chi connectivity index (χ4v) is 2.51. The molecule has 0 unspecified atom stereocenters. The van der Waals surface area contributed by atoms with E-state index in [1.165, 1.54) is 0 Å². The number of phenols is 1. The molecule has 0 atom stereocenters. The number of phenolic OH excluding ortho intramolecular Hbond substituents is 1. The standard InChI is InChI=1S/C14H18IN3O2/c1-6(2)14-17-11-8(13(16)18-14)5-9(20-7(3)4)12(19)10(11)15/h5-7,19H,1-4H3,(H2,16,17,18). The van der Waals surface area contributed by atoms with Crippen LogP contribution >= 0.6 is 22.6 Å². The smallest absolute Gasteiger partial charge is 0.173 e. The SMILES string of the molecule is CC(C)Oc1cc2c(N)nc(C(C)C)nc2c(I)c1O. The number of hydrogen-bond acceptors (Lipinski definition) is 5. The first-order valence-electron chi connectivity index (χ1n) is 6.46. The van der Waals surface area contributed by atoms with Gasteiger partial charge in [-0.15, -0.1) is 0 Å². The summed E-state index contributed by atoms with van der Waals surface area (Å²) in [7, 11) is 0. The van der Waals surface area contributed by atoms with Crippen LogP contribution in [0.1, 0.15) is 39.4 Å². The van der Waals surface area contributed by atoms with Crippen LogP contribution in [0.15, 0.2) is 6.07 Å². The molecule has 0 saturated heterocycles. The molecular weight excluding hydrogens is 369 g/mol. The molecule has 2 aromatic rings. The zero-order valence-corrected chi connectivity index (χ0v) is 14.1. The summed E-state index contributed by atoms with van der Waals surface area (Å²) in [6, 6.07) is 1.70. The number of rotatable bonds is 3. The highest BCUT2D eigenvalue weighted by Gasteiger charge is 2.18. The number of benzene rings is 1. The number of aromatic nitrogens is 2. The van der Waals surface area contributed by atoms with Gasteiger partial charge in [0.25, 0.3) is 0 Å². The van der Waals surface area contributed by atoms with Gasteiger partial charge in [-0.2, -0.15) is 0 Å². The Morgan fingerprint density at radius 3 is 2.45 bits per heavy atom. The number of anilines is 1. The molecule has 2 rings (SSSR count). The van der Waals surface area contributed by atoms with Crippen molar-refractivity contribution in [1.82, 2.24) is 9.97 Å². The Balaban J connectivity index is 2.73. The van der Waals surface area contributed by atoms with Crippen molar-refractivity contribution in [3.8, 4) is 11.5 Å². The number of halogens is 1. The summed E-state index contributed by atoms with van der Waals surface area (Å²) >= 11 is 2.06. The predicted octanol–water partition coefficient (Wildman–Crippen LogP) is 3.43. The van der Waals surface area contributed by atoms with Gasteiger partial charge in [0, 0.05) is 11.3 Å². The van der Waals surface area contributed by atoms with Gasteiger partial charge in [0.15, 0.2) is 11.5 Å². The average molecular weight is 387 g/mol. The first-order valence-corrected chi connectivity index (χ1v) is 7.54. The summed E-state index contributed by atoms with van der Waals surface area (Å²) in [6.07, 6.45) is -0.0359. The van der Waals surface area contributed by atoms with Gasteiger partial charge in [0.2, 0.25) is 0 Å². The normalized spacial score (nSPS) is 11.6. The maximum Gasteiger partial charge on any atom is 0.173 e. The molecular formula is C14H18IN3O2. The Morgan fingerprint density at radius 1 is 1.25 bits per heavy atom. The molecule has 0 bridgehead atoms. The number of nitrogens with zero attached hydrogens (tertiary/aromatic N) is 2. The van der Waals surface area contributed by atoms with Gasteiger partial charge in [-0.25, -0.2) is 9.97 Å². The molecule has 0 saturated carbocycles. The van der Waals surface area contributed by atoms with Crippen LogP contribution in [-0.2, 0) is 0 Å². The van der Waals surface area contributed by atoms with E-state index in [2.05, 4.69) is 32.6 Å². The van der Waals surface area contributed by atoms with Crippen molar-refractivity contribution in [2.24, 2.45) is 0 Å². The van der Waals surface area contributed by atoms with Crippen LogP contribution in [0.2, 0.25) is 0 Å². The van der Waals surface area contributed by atoms with E-state index in [4.69, 9.17) is 10.5 Å². The molecule has 0 radical (unpaired) electrons. The van der Waals surface area contributed by atoms with E-state index >= 15 is 0 Å². The van der Waals surface area contributed by atoms with E-state index < -0.39 is 0 Å². The Bertz CT molecular complexity index is 657. The van der Waals surface area contributed by atoms with Crippen molar-refractivity contribution in [3.05, 3.63) is 15.5 Å². The van der Waals surface area contributed by atoms with E-state index in [0.717, 1.165) is 0 Å². The van der Waals surface area contributed by atoms with Gasteiger partial charge in [-0.3, -0.25) is 0 Å². The van der Waals surface area contributed by atoms with Crippen LogP contribution in [0.3, 0.4) is 0 Å². The van der Waals surface area contributed by atoms with Crippen molar-refractivity contribution >= 4 is 39.3 Å². The molecule has 0 amide bonds. The summed E-state index contributed by atoms with van der Waals surface area (Å²) in [4.78, 5) is 8.82. The Labute approximate surface area is 131 Å². The van der Waals surface area contributed by atoms with Gasteiger partial charge in [-0.1, -0.05) is 13.8 Å². The molecule has 6 heteroatoms. The summed E-state index contributed by atoms with van der Waals surface area (Å²) in [5, 5.41) is 10.9. The number of fused-ring (bicyclic) bond motifs is 1. The lowest BCUT2D eigenvalue weighted by Gasteiger charge is -2.15. The molecule has 0 aliphatic heterocycles. The third-order valence-corrected chi connectivity index (χ3v) is 3.82. The Morgan fingerprint density at radius 2 is 1.90 bits per heavy atom. The maximum atomic E-state index is 10.2. The molecule has 5 nitrogen and oxygen atoms in total. The van der Waals surface area contributed by atoms with Crippen molar-refractivity contribution in [1.29, 1.82) is 0 Å². The van der Waals surface area contributed by atoms with Gasteiger partial charge >= 0.3 is 0 Å². The van der Waals surface area contributed by atoms with Crippen LogP contribution in [-0.4, -0.2) is 21.2 Å². The minimum atomic E-state index is -0.0359. The number of hydrogen-bond donors (Lipinski definition) is 2. The second kappa shape index (κ2) is 5.59. The maximum absolute atomic E-state index is 10.2. The minimum Gasteiger partial charge on any atom is -0.503 e. The van der Waals surface area contributed by atoms with E-state index in [9.17, 15) is 5.11 Å². The highest BCUT2D eigenvalue weighted by Crippen LogP contribution is 2.39. The molecule has 0 fully saturated rings. The summed E-state index contributed by atoms with van der Waals surface area (Å²) < 4.78 is 6.23. The average Bonchev–Trinajstić information content (AvgIpc) is 2.35. The number of aromatic hydroxyl groups is 1. The topological polar surface area (TPSA) is 81.3 Å². The van der Waals surface area contributed by atoms with Crippen molar-refractivity contribution in [2.75, 3.05) is 5.73 Å². The molecule has 0 aliphatic carbocycles. The molecule has 3 N–H and O–H groups in total. The molecule has 1 aromatic heterocycles. The molecule has 1 heterocycles. The summed E-state index contributed by atoms with van der Waals surface area (Å²) in [5.41, 5.74) is 6.68. The highest BCUT2D eigenvalue weighted by atomic mass is 127. The second-order valence-electron chi connectivity index (χ2n) is 5.22. The molecule has 20 heavy (non-hydrogen) atoms. The van der Waals surface area contributed by atoms with Crippen molar-refractivity contribution in [3.63, 3.8) is 0 Å². The first kappa shape index (κ1) is 15.1. The second-order valence-corrected chi connectivity index (χ2v) is 6.30. The fraction of sp³-hybridized carbons (Fsp3) is 0.429. The van der Waals surface area contributed by atoms with E-state index in [1.54, 1.807) is 6.07 Å². The molecule has 108 valence electrons. The number of nitrogen functional groups attached to an aromatic ring is 1. The molecule has 0 spiro atoms. The molecule has 1 aromatic carbocycles. The summed E-state index contributed by atoms with van der Waals surface area (Å²) in [5.74, 6) is 1.76. The zero-order valence-electron chi connectivity index (χ0n) is 11.9. The monoisotopic (exact) mass is 387 g/mol. The quantitative estimate of drug-likeness (QED) is 0.789. The van der Waals surface area contributed by atoms with Crippen LogP contribution in [0.5, 0.6) is 11.5 Å². The van der Waals surface area contributed by atoms with Gasteiger partial charge in [0.05, 0.1) is 15.2 Å². The lowest BCUT2D eigenvalue weighted by molar-refractivity contribution is 0.232. The minimum absolute atomic E-state index is 0.0359. The third kappa shape index (κ3) is 2.74. The van der Waals surface area contributed by atoms with E-state index in [-0.39, 0.29) is 17.8 Å². The van der Waals surface area contributed by atoms with Gasteiger partial charge in [-0.05, 0) is 42.5 Å². The van der Waals surface area contributed by atoms with Crippen LogP contribution in [0, 0.1) is 3.57 Å². The van der Waals surface area contributed by atoms with Crippen LogP contribution in [0.25, 0.3) is 10.9 Å². The number of nitrogens with two attached hydrogens (primary N) is 1. The van der Waals surface area contributed by atoms with Gasteiger partial charge in [0.1, 0.15) is 11.6 Å². The van der Waals surface area contributed by atoms with Crippen LogP contribution < -0.4 is 10.5 Å². The highest BCUT2D eigenvalue weighted by molar-refractivity contribution is 14.1. The lowest BCUT2D eigenvalue weighted by atomic mass is 10.1. The first-order chi connectivity index (χ1) is 9.31. The van der Waals surface area contributed by atoms with Crippen LogP contribution in [0.4, 0.5) is 5.82 Å². The fourth-order valence-electron chi connectivity index (χ4n) is 1.84. The lowest BCUT2D eigenvalue weighted by Crippen LogP contribution is -2.08. The van der Waals surface area contributed by atoms with Crippen molar-refractivity contribution < 1.29 is 9.84 Å². The van der Waals surface area contributed by atoms with E-state index in [1.807, 2.05) is 27.7 Å². The largest absolute Gasteiger partial charge is 0.503 e. The Hall–Kier alpha value is -1.31. The predicted molar refractivity (Wildman–Crippen MR) is 88.2 cm³/mol. The van der Waals surface area contributed by atoms with E-state index in [0.29, 0.717) is 31.9 Å².